The van der Waals surface area contributed by atoms with Crippen molar-refractivity contribution in [1.29, 1.82) is 0 Å². The van der Waals surface area contributed by atoms with E-state index in [1.807, 2.05) is 29.2 Å². The van der Waals surface area contributed by atoms with Gasteiger partial charge in [-0.3, -0.25) is 9.78 Å². The van der Waals surface area contributed by atoms with E-state index < -0.39 is 0 Å². The van der Waals surface area contributed by atoms with Crippen molar-refractivity contribution in [3.8, 4) is 0 Å². The lowest BCUT2D eigenvalue weighted by Crippen LogP contribution is -2.30. The van der Waals surface area contributed by atoms with Crippen LogP contribution in [0.1, 0.15) is 46.3 Å². The summed E-state index contributed by atoms with van der Waals surface area (Å²) in [5, 5.41) is 0.590. The van der Waals surface area contributed by atoms with Crippen molar-refractivity contribution in [1.82, 2.24) is 9.88 Å². The smallest absolute Gasteiger partial charge is 0.254 e. The molecular weight excluding hydrogens is 365 g/mol. The second kappa shape index (κ2) is 7.23. The van der Waals surface area contributed by atoms with Gasteiger partial charge in [-0.05, 0) is 55.1 Å². The number of hydrogen-bond acceptors (Lipinski definition) is 3. The zero-order valence-electron chi connectivity index (χ0n) is 16.2. The number of carbonyl (C=O) groups excluding carboxylic acids is 1. The fourth-order valence-electron chi connectivity index (χ4n) is 4.51. The molecule has 0 radical (unpaired) electrons. The quantitative estimate of drug-likeness (QED) is 0.732. The average Bonchev–Trinajstić information content (AvgIpc) is 3.51. The fraction of sp³-hybridized carbons (Fsp3) is 0.333. The van der Waals surface area contributed by atoms with E-state index in [0.717, 1.165) is 18.5 Å². The largest absolute Gasteiger partial charge is 0.338 e. The normalized spacial score (nSPS) is 21.7. The molecule has 2 atom stereocenters. The zero-order chi connectivity index (χ0) is 20.0. The van der Waals surface area contributed by atoms with E-state index in [4.69, 9.17) is 5.73 Å². The molecule has 2 aliphatic rings. The zero-order valence-corrected chi connectivity index (χ0v) is 16.2. The summed E-state index contributed by atoms with van der Waals surface area (Å²) in [6.07, 6.45) is 2.20. The maximum atomic E-state index is 14.0. The first-order valence-electron chi connectivity index (χ1n) is 10.3. The Morgan fingerprint density at radius 2 is 1.90 bits per heavy atom. The summed E-state index contributed by atoms with van der Waals surface area (Å²) in [6.45, 7) is 1.78. The van der Waals surface area contributed by atoms with Gasteiger partial charge >= 0.3 is 0 Å². The second-order valence-corrected chi connectivity index (χ2v) is 8.25. The number of nitrogens with zero attached hydrogens (tertiary/aromatic N) is 2. The molecule has 1 saturated carbocycles. The van der Waals surface area contributed by atoms with Crippen LogP contribution in [0.4, 0.5) is 4.39 Å². The second-order valence-electron chi connectivity index (χ2n) is 8.25. The number of hydrogen-bond donors (Lipinski definition) is 1. The van der Waals surface area contributed by atoms with Crippen molar-refractivity contribution in [2.45, 2.75) is 24.7 Å². The fourth-order valence-corrected chi connectivity index (χ4v) is 4.51. The first kappa shape index (κ1) is 18.3. The van der Waals surface area contributed by atoms with Crippen LogP contribution >= 0.6 is 0 Å². The van der Waals surface area contributed by atoms with Gasteiger partial charge in [0.2, 0.25) is 0 Å². The van der Waals surface area contributed by atoms with Crippen LogP contribution < -0.4 is 5.73 Å². The summed E-state index contributed by atoms with van der Waals surface area (Å²) in [4.78, 5) is 20.1. The van der Waals surface area contributed by atoms with Crippen molar-refractivity contribution in [2.24, 2.45) is 11.7 Å². The number of benzene rings is 2. The van der Waals surface area contributed by atoms with Crippen LogP contribution in [0.3, 0.4) is 0 Å². The molecule has 0 bridgehead atoms. The Kier molecular flexibility index (Phi) is 4.55. The summed E-state index contributed by atoms with van der Waals surface area (Å²) < 4.78 is 14.0. The summed E-state index contributed by atoms with van der Waals surface area (Å²) in [5.41, 5.74) is 9.45. The van der Waals surface area contributed by atoms with Crippen LogP contribution in [0.15, 0.2) is 54.6 Å². The lowest BCUT2D eigenvalue weighted by molar-refractivity contribution is 0.0788. The van der Waals surface area contributed by atoms with Crippen molar-refractivity contribution >= 4 is 16.8 Å². The highest BCUT2D eigenvalue weighted by Crippen LogP contribution is 2.41. The van der Waals surface area contributed by atoms with Gasteiger partial charge in [0.1, 0.15) is 5.82 Å². The third-order valence-corrected chi connectivity index (χ3v) is 6.28. The number of rotatable bonds is 4. The molecule has 29 heavy (non-hydrogen) atoms. The monoisotopic (exact) mass is 389 g/mol. The average molecular weight is 389 g/mol. The lowest BCUT2D eigenvalue weighted by atomic mass is 9.89. The van der Waals surface area contributed by atoms with Crippen LogP contribution in [-0.2, 0) is 0 Å². The van der Waals surface area contributed by atoms with Gasteiger partial charge in [0.05, 0.1) is 11.1 Å². The molecule has 0 spiro atoms. The van der Waals surface area contributed by atoms with Crippen LogP contribution in [-0.4, -0.2) is 35.4 Å². The number of pyridine rings is 1. The van der Waals surface area contributed by atoms with Crippen molar-refractivity contribution in [2.75, 3.05) is 19.6 Å². The molecule has 2 N–H and O–H groups in total. The Morgan fingerprint density at radius 1 is 1.10 bits per heavy atom. The Labute approximate surface area is 169 Å². The van der Waals surface area contributed by atoms with Gasteiger partial charge in [0, 0.05) is 36.0 Å². The van der Waals surface area contributed by atoms with Gasteiger partial charge in [-0.25, -0.2) is 4.39 Å². The molecule has 1 aromatic heterocycles. The standard InChI is InChI=1S/C24H24FN3O/c25-18-8-9-22-19(10-18)20(11-23(27-22)16-6-7-16)24(29)28-13-17(12-26)21(14-28)15-4-2-1-3-5-15/h1-5,8-11,16-17,21H,6-7,12-14,26H2/t17-,21+/m1/s1. The van der Waals surface area contributed by atoms with Crippen molar-refractivity contribution in [3.05, 3.63) is 77.2 Å². The third-order valence-electron chi connectivity index (χ3n) is 6.28. The maximum absolute atomic E-state index is 14.0. The molecule has 5 rings (SSSR count). The minimum Gasteiger partial charge on any atom is -0.338 e. The number of aromatic nitrogens is 1. The predicted octanol–water partition coefficient (Wildman–Crippen LogP) is 4.07. The molecule has 2 heterocycles. The number of likely N-dealkylation sites (tertiary alicyclic amines) is 1. The maximum Gasteiger partial charge on any atom is 0.254 e. The molecule has 2 aromatic carbocycles. The van der Waals surface area contributed by atoms with Gasteiger partial charge in [-0.1, -0.05) is 30.3 Å². The molecule has 5 heteroatoms. The number of fused-ring (bicyclic) bond motifs is 1. The molecule has 1 aliphatic carbocycles. The molecule has 3 aromatic rings. The number of amides is 1. The Morgan fingerprint density at radius 3 is 2.62 bits per heavy atom. The van der Waals surface area contributed by atoms with Crippen molar-refractivity contribution in [3.63, 3.8) is 0 Å². The van der Waals surface area contributed by atoms with Crippen molar-refractivity contribution < 1.29 is 9.18 Å². The number of halogens is 1. The minimum absolute atomic E-state index is 0.0539. The third kappa shape index (κ3) is 3.40. The summed E-state index contributed by atoms with van der Waals surface area (Å²) in [5.74, 6) is 0.452. The van der Waals surface area contributed by atoms with Gasteiger partial charge in [-0.15, -0.1) is 0 Å². The molecule has 1 aliphatic heterocycles. The van der Waals surface area contributed by atoms with Crippen LogP contribution in [0.2, 0.25) is 0 Å². The van der Waals surface area contributed by atoms with Crippen LogP contribution in [0, 0.1) is 11.7 Å². The molecular formula is C24H24FN3O. The Balaban J connectivity index is 1.52. The van der Waals surface area contributed by atoms with E-state index in [9.17, 15) is 9.18 Å². The summed E-state index contributed by atoms with van der Waals surface area (Å²) >= 11 is 0. The highest BCUT2D eigenvalue weighted by Gasteiger charge is 2.36. The predicted molar refractivity (Wildman–Crippen MR) is 111 cm³/mol. The first-order valence-corrected chi connectivity index (χ1v) is 10.3. The molecule has 1 amide bonds. The van der Waals surface area contributed by atoms with E-state index in [0.29, 0.717) is 42.0 Å². The van der Waals surface area contributed by atoms with E-state index in [1.165, 1.54) is 17.7 Å². The Hall–Kier alpha value is -2.79. The molecule has 4 nitrogen and oxygen atoms in total. The van der Waals surface area contributed by atoms with Crippen LogP contribution in [0.5, 0.6) is 0 Å². The summed E-state index contributed by atoms with van der Waals surface area (Å²) in [7, 11) is 0. The van der Waals surface area contributed by atoms with E-state index in [1.54, 1.807) is 6.07 Å². The highest BCUT2D eigenvalue weighted by molar-refractivity contribution is 6.06. The number of carbonyl (C=O) groups is 1. The molecule has 0 unspecified atom stereocenters. The van der Waals surface area contributed by atoms with Gasteiger partial charge in [0.25, 0.3) is 5.91 Å². The minimum atomic E-state index is -0.351. The molecule has 148 valence electrons. The lowest BCUT2D eigenvalue weighted by Gasteiger charge is -2.18. The number of nitrogens with two attached hydrogens (primary N) is 1. The van der Waals surface area contributed by atoms with E-state index >= 15 is 0 Å². The summed E-state index contributed by atoms with van der Waals surface area (Å²) in [6, 6.07) is 16.6. The van der Waals surface area contributed by atoms with E-state index in [2.05, 4.69) is 17.1 Å². The molecule has 1 saturated heterocycles. The Bertz CT molecular complexity index is 1060. The van der Waals surface area contributed by atoms with Gasteiger partial charge in [0.15, 0.2) is 0 Å². The van der Waals surface area contributed by atoms with E-state index in [-0.39, 0.29) is 23.6 Å². The topological polar surface area (TPSA) is 59.2 Å². The van der Waals surface area contributed by atoms with Gasteiger partial charge < -0.3 is 10.6 Å². The SMILES string of the molecule is NC[C@@H]1CN(C(=O)c2cc(C3CC3)nc3ccc(F)cc23)C[C@H]1c1ccccc1. The molecule has 2 fully saturated rings. The highest BCUT2D eigenvalue weighted by atomic mass is 19.1. The van der Waals surface area contributed by atoms with Gasteiger partial charge in [-0.2, -0.15) is 0 Å². The first-order chi connectivity index (χ1) is 14.1. The van der Waals surface area contributed by atoms with Crippen LogP contribution in [0.25, 0.3) is 10.9 Å².